The highest BCUT2D eigenvalue weighted by Crippen LogP contribution is 2.42. The average Bonchev–Trinajstić information content (AvgIpc) is 2.92. The first-order valence-electron chi connectivity index (χ1n) is 11.9. The summed E-state index contributed by atoms with van der Waals surface area (Å²) < 4.78 is 5.38. The monoisotopic (exact) mass is 567 g/mol. The average molecular weight is 568 g/mol. The Morgan fingerprint density at radius 1 is 0.974 bits per heavy atom. The first kappa shape index (κ1) is 28.0. The number of ether oxygens (including phenoxy) is 1. The molecule has 0 radical (unpaired) electrons. The van der Waals surface area contributed by atoms with E-state index < -0.39 is 0 Å². The van der Waals surface area contributed by atoms with Crippen LogP contribution in [0.15, 0.2) is 49.3 Å². The van der Waals surface area contributed by atoms with Crippen molar-refractivity contribution in [3.05, 3.63) is 70.5 Å². The minimum atomic E-state index is -0.363. The maximum Gasteiger partial charge on any atom is 0.253 e. The number of hydrogen-bond acceptors (Lipinski definition) is 10. The molecule has 3 N–H and O–H groups in total. The molecule has 0 spiro atoms. The maximum atomic E-state index is 12.6. The first-order chi connectivity index (χ1) is 18.8. The number of anilines is 4. The number of nitrogens with one attached hydrogen (secondary N) is 3. The summed E-state index contributed by atoms with van der Waals surface area (Å²) in [6.07, 6.45) is 6.21. The number of methoxy groups -OCH3 is 1. The molecule has 13 heteroatoms. The lowest BCUT2D eigenvalue weighted by Crippen LogP contribution is -2.23. The smallest absolute Gasteiger partial charge is 0.253 e. The molecule has 0 aliphatic rings. The molecule has 3 heterocycles. The summed E-state index contributed by atoms with van der Waals surface area (Å²) >= 11 is 13.2. The van der Waals surface area contributed by atoms with Crippen LogP contribution in [0.1, 0.15) is 22.8 Å². The predicted molar refractivity (Wildman–Crippen MR) is 152 cm³/mol. The third kappa shape index (κ3) is 6.69. The second kappa shape index (κ2) is 12.7. The number of rotatable bonds is 10. The van der Waals surface area contributed by atoms with Crippen LogP contribution < -0.4 is 20.7 Å². The largest absolute Gasteiger partial charge is 0.495 e. The zero-order valence-electron chi connectivity index (χ0n) is 21.8. The van der Waals surface area contributed by atoms with Gasteiger partial charge in [0.05, 0.1) is 34.6 Å². The van der Waals surface area contributed by atoms with Crippen molar-refractivity contribution in [3.63, 3.8) is 0 Å². The summed E-state index contributed by atoms with van der Waals surface area (Å²) in [4.78, 5) is 36.4. The number of amides is 1. The third-order valence-electron chi connectivity index (χ3n) is 5.45. The van der Waals surface area contributed by atoms with Crippen LogP contribution in [0.4, 0.5) is 23.1 Å². The SMILES string of the molecule is CCNC(=O)c1cc(OC)c(Cl)c(Nc2ncncc2-c2cc(Nc3ccc(CN(C)C)cn3)ncn2)c1Cl. The van der Waals surface area contributed by atoms with Gasteiger partial charge in [-0.25, -0.2) is 24.9 Å². The van der Waals surface area contributed by atoms with Gasteiger partial charge in [-0.15, -0.1) is 0 Å². The van der Waals surface area contributed by atoms with E-state index >= 15 is 0 Å². The number of hydrogen-bond donors (Lipinski definition) is 3. The molecule has 0 atom stereocenters. The zero-order chi connectivity index (χ0) is 27.9. The summed E-state index contributed by atoms with van der Waals surface area (Å²) in [7, 11) is 5.46. The van der Waals surface area contributed by atoms with Crippen LogP contribution in [0, 0.1) is 0 Å². The highest BCUT2D eigenvalue weighted by Gasteiger charge is 2.22. The fourth-order valence-electron chi connectivity index (χ4n) is 3.69. The number of carbonyl (C=O) groups excluding carboxylic acids is 1. The first-order valence-corrected chi connectivity index (χ1v) is 12.7. The fourth-order valence-corrected chi connectivity index (χ4v) is 4.29. The van der Waals surface area contributed by atoms with Crippen molar-refractivity contribution < 1.29 is 9.53 Å². The summed E-state index contributed by atoms with van der Waals surface area (Å²) in [5.41, 5.74) is 2.63. The molecule has 0 aliphatic carbocycles. The van der Waals surface area contributed by atoms with Crippen molar-refractivity contribution in [1.29, 1.82) is 0 Å². The summed E-state index contributed by atoms with van der Waals surface area (Å²) in [5, 5.41) is 9.36. The summed E-state index contributed by atoms with van der Waals surface area (Å²) in [5.74, 6) is 1.44. The van der Waals surface area contributed by atoms with Crippen molar-refractivity contribution in [1.82, 2.24) is 35.1 Å². The van der Waals surface area contributed by atoms with Gasteiger partial charge in [0.2, 0.25) is 0 Å². The Balaban J connectivity index is 1.65. The quantitative estimate of drug-likeness (QED) is 0.242. The van der Waals surface area contributed by atoms with Gasteiger partial charge in [0.1, 0.15) is 40.9 Å². The molecule has 3 aromatic heterocycles. The molecule has 202 valence electrons. The van der Waals surface area contributed by atoms with Crippen molar-refractivity contribution in [3.8, 4) is 17.0 Å². The molecular weight excluding hydrogens is 541 g/mol. The molecule has 4 aromatic rings. The van der Waals surface area contributed by atoms with E-state index in [2.05, 4.69) is 45.8 Å². The Morgan fingerprint density at radius 2 is 1.79 bits per heavy atom. The molecule has 0 saturated heterocycles. The molecule has 39 heavy (non-hydrogen) atoms. The van der Waals surface area contributed by atoms with Crippen molar-refractivity contribution in [2.75, 3.05) is 38.4 Å². The third-order valence-corrected chi connectivity index (χ3v) is 6.22. The number of benzene rings is 1. The lowest BCUT2D eigenvalue weighted by Gasteiger charge is -2.17. The van der Waals surface area contributed by atoms with Crippen molar-refractivity contribution >= 4 is 52.3 Å². The topological polar surface area (TPSA) is 130 Å². The van der Waals surface area contributed by atoms with Crippen LogP contribution in [0.2, 0.25) is 10.0 Å². The molecule has 4 rings (SSSR count). The molecule has 0 fully saturated rings. The van der Waals surface area contributed by atoms with Gasteiger partial charge >= 0.3 is 0 Å². The molecule has 0 aliphatic heterocycles. The number of pyridine rings is 1. The molecule has 0 unspecified atom stereocenters. The molecule has 0 saturated carbocycles. The van der Waals surface area contributed by atoms with Gasteiger partial charge in [0.25, 0.3) is 5.91 Å². The number of aromatic nitrogens is 5. The Labute approximate surface area is 236 Å². The van der Waals surface area contributed by atoms with Gasteiger partial charge in [0, 0.05) is 31.5 Å². The summed E-state index contributed by atoms with van der Waals surface area (Å²) in [6.45, 7) is 3.03. The van der Waals surface area contributed by atoms with E-state index in [1.54, 1.807) is 12.3 Å². The van der Waals surface area contributed by atoms with Gasteiger partial charge in [-0.05, 0) is 38.7 Å². The van der Waals surface area contributed by atoms with Gasteiger partial charge in [0.15, 0.2) is 0 Å². The number of halogens is 2. The van der Waals surface area contributed by atoms with E-state index in [4.69, 9.17) is 27.9 Å². The van der Waals surface area contributed by atoms with E-state index in [-0.39, 0.29) is 33.0 Å². The van der Waals surface area contributed by atoms with Crippen LogP contribution >= 0.6 is 23.2 Å². The van der Waals surface area contributed by atoms with Gasteiger partial charge < -0.3 is 25.6 Å². The van der Waals surface area contributed by atoms with Crippen LogP contribution in [0.25, 0.3) is 11.3 Å². The lowest BCUT2D eigenvalue weighted by molar-refractivity contribution is 0.0955. The van der Waals surface area contributed by atoms with E-state index in [1.165, 1.54) is 25.8 Å². The Bertz CT molecular complexity index is 1470. The van der Waals surface area contributed by atoms with Crippen LogP contribution in [0.3, 0.4) is 0 Å². The van der Waals surface area contributed by atoms with Crippen molar-refractivity contribution in [2.24, 2.45) is 0 Å². The maximum absolute atomic E-state index is 12.6. The van der Waals surface area contributed by atoms with Gasteiger partial charge in [-0.2, -0.15) is 0 Å². The fraction of sp³-hybridized carbons (Fsp3) is 0.231. The second-order valence-corrected chi connectivity index (χ2v) is 9.36. The molecular formula is C26H27Cl2N9O2. The van der Waals surface area contributed by atoms with Crippen LogP contribution in [-0.4, -0.2) is 63.5 Å². The molecule has 0 bridgehead atoms. The van der Waals surface area contributed by atoms with Crippen LogP contribution in [-0.2, 0) is 6.54 Å². The van der Waals surface area contributed by atoms with E-state index in [9.17, 15) is 4.79 Å². The van der Waals surface area contributed by atoms with E-state index in [0.29, 0.717) is 35.3 Å². The standard InChI is InChI=1S/C26H27Cl2N9O2/c1-5-30-26(38)16-8-19(39-4)23(28)24(22(16)27)36-25-17(11-29-13-34-25)18-9-21(33-14-32-18)35-20-7-6-15(10-31-20)12-37(2)3/h6-11,13-14H,5,12H2,1-4H3,(H,30,38)(H,29,34,36)(H,31,32,33,35). The molecule has 11 nitrogen and oxygen atoms in total. The minimum Gasteiger partial charge on any atom is -0.495 e. The van der Waals surface area contributed by atoms with E-state index in [0.717, 1.165) is 12.1 Å². The lowest BCUT2D eigenvalue weighted by atomic mass is 10.1. The Morgan fingerprint density at radius 3 is 2.49 bits per heavy atom. The molecule has 1 aromatic carbocycles. The van der Waals surface area contributed by atoms with Crippen molar-refractivity contribution in [2.45, 2.75) is 13.5 Å². The van der Waals surface area contributed by atoms with Crippen LogP contribution in [0.5, 0.6) is 5.75 Å². The van der Waals surface area contributed by atoms with E-state index in [1.807, 2.05) is 39.3 Å². The molecule has 1 amide bonds. The van der Waals surface area contributed by atoms with Gasteiger partial charge in [-0.3, -0.25) is 4.79 Å². The highest BCUT2D eigenvalue weighted by atomic mass is 35.5. The highest BCUT2D eigenvalue weighted by molar-refractivity contribution is 6.42. The van der Waals surface area contributed by atoms with Gasteiger partial charge in [-0.1, -0.05) is 29.3 Å². The predicted octanol–water partition coefficient (Wildman–Crippen LogP) is 4.94. The normalized spacial score (nSPS) is 10.8. The number of nitrogens with zero attached hydrogens (tertiary/aromatic N) is 6. The zero-order valence-corrected chi connectivity index (χ0v) is 23.3. The Hall–Kier alpha value is -4.06. The Kier molecular flexibility index (Phi) is 9.07. The summed E-state index contributed by atoms with van der Waals surface area (Å²) in [6, 6.07) is 7.12. The second-order valence-electron chi connectivity index (χ2n) is 8.60. The minimum absolute atomic E-state index is 0.116. The number of carbonyl (C=O) groups is 1.